The fourth-order valence-electron chi connectivity index (χ4n) is 1.84. The number of halogens is 1. The van der Waals surface area contributed by atoms with Crippen LogP contribution in [0.5, 0.6) is 0 Å². The summed E-state index contributed by atoms with van der Waals surface area (Å²) >= 11 is 0. The summed E-state index contributed by atoms with van der Waals surface area (Å²) in [7, 11) is -3.10. The highest BCUT2D eigenvalue weighted by Crippen LogP contribution is 2.24. The molecule has 1 fully saturated rings. The molecule has 0 aromatic carbocycles. The van der Waals surface area contributed by atoms with E-state index in [1.54, 1.807) is 32.6 Å². The van der Waals surface area contributed by atoms with Gasteiger partial charge >= 0.3 is 0 Å². The van der Waals surface area contributed by atoms with Crippen molar-refractivity contribution in [2.75, 3.05) is 18.8 Å². The molecule has 0 spiro atoms. The van der Waals surface area contributed by atoms with Crippen molar-refractivity contribution in [2.24, 2.45) is 11.7 Å². The predicted molar refractivity (Wildman–Crippen MR) is 74.5 cm³/mol. The molecule has 1 rings (SSSR count). The maximum absolute atomic E-state index is 12.1. The Bertz CT molecular complexity index is 407. The topological polar surface area (TPSA) is 80.5 Å². The van der Waals surface area contributed by atoms with E-state index in [0.717, 1.165) is 0 Å². The number of hydrogen-bond acceptors (Lipinski definition) is 4. The standard InChI is InChI=1S/C11H22N2O3S.ClH/c1-8(9(2)12)10(14)13-5-6-17(15,16)11(3,4)7-13;/h8-9H,5-7,12H2,1-4H3;1H. The Kier molecular flexibility index (Phi) is 5.65. The number of carbonyl (C=O) groups is 1. The van der Waals surface area contributed by atoms with Gasteiger partial charge in [0.25, 0.3) is 0 Å². The Balaban J connectivity index is 0.00000289. The number of amides is 1. The molecule has 2 atom stereocenters. The molecule has 0 aromatic rings. The van der Waals surface area contributed by atoms with Crippen LogP contribution in [0.3, 0.4) is 0 Å². The molecule has 18 heavy (non-hydrogen) atoms. The van der Waals surface area contributed by atoms with Gasteiger partial charge in [0.15, 0.2) is 9.84 Å². The van der Waals surface area contributed by atoms with Crippen molar-refractivity contribution in [1.82, 2.24) is 4.90 Å². The maximum Gasteiger partial charge on any atom is 0.227 e. The third-order valence-electron chi connectivity index (χ3n) is 3.53. The first-order chi connectivity index (χ1) is 7.58. The summed E-state index contributed by atoms with van der Waals surface area (Å²) in [5, 5.41) is 0. The second-order valence-electron chi connectivity index (χ2n) is 5.49. The van der Waals surface area contributed by atoms with Crippen LogP contribution >= 0.6 is 12.4 Å². The van der Waals surface area contributed by atoms with Crippen molar-refractivity contribution in [2.45, 2.75) is 38.5 Å². The van der Waals surface area contributed by atoms with Crippen LogP contribution in [0.1, 0.15) is 27.7 Å². The lowest BCUT2D eigenvalue weighted by Gasteiger charge is -2.39. The third kappa shape index (κ3) is 3.36. The van der Waals surface area contributed by atoms with E-state index in [-0.39, 0.29) is 49.1 Å². The summed E-state index contributed by atoms with van der Waals surface area (Å²) in [6.07, 6.45) is 0. The van der Waals surface area contributed by atoms with Crippen LogP contribution in [0.15, 0.2) is 0 Å². The molecule has 0 aromatic heterocycles. The van der Waals surface area contributed by atoms with Crippen LogP contribution in [0.25, 0.3) is 0 Å². The predicted octanol–water partition coefficient (Wildman–Crippen LogP) is 0.427. The Labute approximate surface area is 115 Å². The summed E-state index contributed by atoms with van der Waals surface area (Å²) < 4.78 is 22.8. The van der Waals surface area contributed by atoms with Gasteiger partial charge in [-0.25, -0.2) is 8.42 Å². The molecule has 0 aliphatic carbocycles. The zero-order chi connectivity index (χ0) is 13.4. The molecule has 1 heterocycles. The monoisotopic (exact) mass is 298 g/mol. The number of nitrogens with zero attached hydrogens (tertiary/aromatic N) is 1. The molecular formula is C11H23ClN2O3S. The number of rotatable bonds is 2. The molecular weight excluding hydrogens is 276 g/mol. The van der Waals surface area contributed by atoms with Gasteiger partial charge in [-0.1, -0.05) is 6.92 Å². The van der Waals surface area contributed by atoms with Gasteiger partial charge in [-0.15, -0.1) is 12.4 Å². The van der Waals surface area contributed by atoms with E-state index in [0.29, 0.717) is 0 Å². The summed E-state index contributed by atoms with van der Waals surface area (Å²) in [6, 6.07) is -0.218. The molecule has 1 amide bonds. The summed E-state index contributed by atoms with van der Waals surface area (Å²) in [5.41, 5.74) is 5.70. The fourth-order valence-corrected chi connectivity index (χ4v) is 3.21. The van der Waals surface area contributed by atoms with Crippen molar-refractivity contribution in [1.29, 1.82) is 0 Å². The van der Waals surface area contributed by atoms with Crippen LogP contribution in [0, 0.1) is 5.92 Å². The van der Waals surface area contributed by atoms with E-state index >= 15 is 0 Å². The van der Waals surface area contributed by atoms with Gasteiger partial charge in [-0.2, -0.15) is 0 Å². The minimum atomic E-state index is -3.10. The van der Waals surface area contributed by atoms with Gasteiger partial charge in [0.05, 0.1) is 16.4 Å². The molecule has 1 saturated heterocycles. The van der Waals surface area contributed by atoms with E-state index in [9.17, 15) is 13.2 Å². The number of carbonyl (C=O) groups excluding carboxylic acids is 1. The second kappa shape index (κ2) is 5.75. The van der Waals surface area contributed by atoms with Crippen molar-refractivity contribution in [3.8, 4) is 0 Å². The van der Waals surface area contributed by atoms with E-state index in [1.807, 2.05) is 0 Å². The van der Waals surface area contributed by atoms with Crippen molar-refractivity contribution >= 4 is 28.2 Å². The quantitative estimate of drug-likeness (QED) is 0.801. The van der Waals surface area contributed by atoms with Crippen LogP contribution in [-0.2, 0) is 14.6 Å². The largest absolute Gasteiger partial charge is 0.340 e. The number of hydrogen-bond donors (Lipinski definition) is 1. The van der Waals surface area contributed by atoms with Gasteiger partial charge in [-0.3, -0.25) is 4.79 Å². The highest BCUT2D eigenvalue weighted by atomic mass is 35.5. The molecule has 0 bridgehead atoms. The average molecular weight is 299 g/mol. The number of nitrogens with two attached hydrogens (primary N) is 1. The summed E-state index contributed by atoms with van der Waals surface area (Å²) in [4.78, 5) is 13.7. The first kappa shape index (κ1) is 17.7. The first-order valence-corrected chi connectivity index (χ1v) is 7.50. The van der Waals surface area contributed by atoms with E-state index < -0.39 is 14.6 Å². The van der Waals surface area contributed by atoms with E-state index in [4.69, 9.17) is 5.73 Å². The smallest absolute Gasteiger partial charge is 0.227 e. The summed E-state index contributed by atoms with van der Waals surface area (Å²) in [6.45, 7) is 7.43. The molecule has 1 aliphatic heterocycles. The van der Waals surface area contributed by atoms with Crippen LogP contribution < -0.4 is 5.73 Å². The van der Waals surface area contributed by atoms with Crippen LogP contribution in [0.4, 0.5) is 0 Å². The average Bonchev–Trinajstić information content (AvgIpc) is 2.20. The van der Waals surface area contributed by atoms with Crippen LogP contribution in [-0.4, -0.2) is 48.9 Å². The molecule has 5 nitrogen and oxygen atoms in total. The third-order valence-corrected chi connectivity index (χ3v) is 6.07. The lowest BCUT2D eigenvalue weighted by atomic mass is 10.0. The van der Waals surface area contributed by atoms with Gasteiger partial charge in [0.2, 0.25) is 5.91 Å². The fraction of sp³-hybridized carbons (Fsp3) is 0.909. The minimum absolute atomic E-state index is 0. The lowest BCUT2D eigenvalue weighted by molar-refractivity contribution is -0.135. The zero-order valence-corrected chi connectivity index (χ0v) is 13.0. The Morgan fingerprint density at radius 3 is 2.22 bits per heavy atom. The highest BCUT2D eigenvalue weighted by molar-refractivity contribution is 7.92. The SMILES string of the molecule is CC(N)C(C)C(=O)N1CCS(=O)(=O)C(C)(C)C1.Cl. The summed E-state index contributed by atoms with van der Waals surface area (Å²) in [5.74, 6) is -0.285. The maximum atomic E-state index is 12.1. The van der Waals surface area contributed by atoms with Crippen molar-refractivity contribution in [3.05, 3.63) is 0 Å². The van der Waals surface area contributed by atoms with Crippen LogP contribution in [0.2, 0.25) is 0 Å². The Morgan fingerprint density at radius 2 is 1.83 bits per heavy atom. The molecule has 7 heteroatoms. The molecule has 1 aliphatic rings. The number of sulfone groups is 1. The van der Waals surface area contributed by atoms with E-state index in [2.05, 4.69) is 0 Å². The van der Waals surface area contributed by atoms with Crippen molar-refractivity contribution < 1.29 is 13.2 Å². The molecule has 2 unspecified atom stereocenters. The normalized spacial score (nSPS) is 24.8. The second-order valence-corrected chi connectivity index (χ2v) is 8.23. The van der Waals surface area contributed by atoms with Crippen molar-refractivity contribution in [3.63, 3.8) is 0 Å². The lowest BCUT2D eigenvalue weighted by Crippen LogP contribution is -2.56. The minimum Gasteiger partial charge on any atom is -0.340 e. The highest BCUT2D eigenvalue weighted by Gasteiger charge is 2.42. The Hall–Kier alpha value is -0.330. The Morgan fingerprint density at radius 1 is 1.33 bits per heavy atom. The van der Waals surface area contributed by atoms with Gasteiger partial charge < -0.3 is 10.6 Å². The molecule has 0 saturated carbocycles. The van der Waals surface area contributed by atoms with Gasteiger partial charge in [0.1, 0.15) is 0 Å². The molecule has 2 N–H and O–H groups in total. The molecule has 0 radical (unpaired) electrons. The van der Waals surface area contributed by atoms with Gasteiger partial charge in [0, 0.05) is 19.1 Å². The first-order valence-electron chi connectivity index (χ1n) is 5.85. The van der Waals surface area contributed by atoms with Gasteiger partial charge in [-0.05, 0) is 20.8 Å². The zero-order valence-electron chi connectivity index (χ0n) is 11.3. The van der Waals surface area contributed by atoms with E-state index in [1.165, 1.54) is 0 Å². The molecule has 108 valence electrons.